The van der Waals surface area contributed by atoms with Crippen molar-refractivity contribution in [3.63, 3.8) is 0 Å². The Morgan fingerprint density at radius 2 is 1.50 bits per heavy atom. The van der Waals surface area contributed by atoms with Crippen LogP contribution in [0.15, 0.2) is 53.0 Å². The number of ether oxygens (including phenoxy) is 1. The summed E-state index contributed by atoms with van der Waals surface area (Å²) in [6, 6.07) is 16.2. The zero-order valence-electron chi connectivity index (χ0n) is 13.2. The van der Waals surface area contributed by atoms with Crippen molar-refractivity contribution in [2.75, 3.05) is 7.11 Å². The van der Waals surface area contributed by atoms with E-state index in [1.165, 1.54) is 0 Å². The van der Waals surface area contributed by atoms with Gasteiger partial charge in [-0.05, 0) is 35.4 Å². The lowest BCUT2D eigenvalue weighted by molar-refractivity contribution is -0.122. The molecule has 0 bridgehead atoms. The number of methoxy groups -OCH3 is 1. The Morgan fingerprint density at radius 3 is 1.95 bits per heavy atom. The van der Waals surface area contributed by atoms with Crippen LogP contribution in [0.2, 0.25) is 0 Å². The van der Waals surface area contributed by atoms with Crippen molar-refractivity contribution in [2.45, 2.75) is 26.2 Å². The molecule has 0 N–H and O–H groups in total. The molecule has 2 aromatic carbocycles. The first-order valence-electron chi connectivity index (χ1n) is 7.43. The lowest BCUT2D eigenvalue weighted by Crippen LogP contribution is -2.13. The zero-order chi connectivity index (χ0) is 16.1. The van der Waals surface area contributed by atoms with Crippen LogP contribution < -0.4 is 4.74 Å². The zero-order valence-corrected chi connectivity index (χ0v) is 14.8. The highest BCUT2D eigenvalue weighted by atomic mass is 79.9. The first kappa shape index (κ1) is 16.8. The van der Waals surface area contributed by atoms with E-state index in [4.69, 9.17) is 4.74 Å². The smallest absolute Gasteiger partial charge is 0.136 e. The van der Waals surface area contributed by atoms with E-state index in [0.717, 1.165) is 21.3 Å². The maximum absolute atomic E-state index is 12.3. The second-order valence-electron chi connectivity index (χ2n) is 5.70. The van der Waals surface area contributed by atoms with Crippen LogP contribution in [0.1, 0.15) is 37.3 Å². The minimum absolute atomic E-state index is 0.0520. The molecule has 0 aliphatic heterocycles. The molecule has 2 aromatic rings. The summed E-state index contributed by atoms with van der Waals surface area (Å²) in [6.45, 7) is 3.91. The number of hydrogen-bond donors (Lipinski definition) is 0. The van der Waals surface area contributed by atoms with Crippen molar-refractivity contribution < 1.29 is 9.53 Å². The molecule has 0 aliphatic carbocycles. The summed E-state index contributed by atoms with van der Waals surface area (Å²) in [6.07, 6.45) is 0.519. The monoisotopic (exact) mass is 360 g/mol. The van der Waals surface area contributed by atoms with Crippen LogP contribution in [-0.4, -0.2) is 12.9 Å². The molecule has 3 heteroatoms. The normalized spacial score (nSPS) is 12.2. The lowest BCUT2D eigenvalue weighted by atomic mass is 9.85. The van der Waals surface area contributed by atoms with Crippen molar-refractivity contribution >= 4 is 21.7 Å². The molecule has 0 heterocycles. The van der Waals surface area contributed by atoms with Crippen LogP contribution in [0.5, 0.6) is 5.75 Å². The molecule has 2 rings (SSSR count). The summed E-state index contributed by atoms with van der Waals surface area (Å²) >= 11 is 3.46. The summed E-state index contributed by atoms with van der Waals surface area (Å²) in [5.41, 5.74) is 2.29. The molecule has 0 saturated heterocycles. The van der Waals surface area contributed by atoms with Gasteiger partial charge in [0.25, 0.3) is 0 Å². The molecule has 22 heavy (non-hydrogen) atoms. The maximum Gasteiger partial charge on any atom is 0.136 e. The Kier molecular flexibility index (Phi) is 5.78. The molecule has 2 nitrogen and oxygen atoms in total. The fraction of sp³-hybridized carbons (Fsp3) is 0.316. The van der Waals surface area contributed by atoms with Crippen molar-refractivity contribution in [1.82, 2.24) is 0 Å². The largest absolute Gasteiger partial charge is 0.497 e. The molecule has 0 fully saturated rings. The van der Waals surface area contributed by atoms with Gasteiger partial charge in [-0.25, -0.2) is 0 Å². The van der Waals surface area contributed by atoms with Gasteiger partial charge < -0.3 is 4.74 Å². The molecule has 1 unspecified atom stereocenters. The Labute approximate surface area is 140 Å². The molecule has 0 aromatic heterocycles. The van der Waals surface area contributed by atoms with Crippen molar-refractivity contribution in [3.05, 3.63) is 64.1 Å². The standard InChI is InChI=1S/C19H21BrO2/c1-13(2)19(21)12-18(14-4-8-16(20)9-5-14)15-6-10-17(22-3)11-7-15/h4-11,13,18H,12H2,1-3H3. The number of hydrogen-bond acceptors (Lipinski definition) is 2. The van der Waals surface area contributed by atoms with E-state index in [9.17, 15) is 4.79 Å². The van der Waals surface area contributed by atoms with Crippen molar-refractivity contribution in [2.24, 2.45) is 5.92 Å². The summed E-state index contributed by atoms with van der Waals surface area (Å²) in [4.78, 5) is 12.3. The van der Waals surface area contributed by atoms with Gasteiger partial charge in [0.05, 0.1) is 7.11 Å². The second-order valence-corrected chi connectivity index (χ2v) is 6.62. The highest BCUT2D eigenvalue weighted by Crippen LogP contribution is 2.31. The van der Waals surface area contributed by atoms with E-state index in [1.54, 1.807) is 7.11 Å². The highest BCUT2D eigenvalue weighted by molar-refractivity contribution is 9.10. The highest BCUT2D eigenvalue weighted by Gasteiger charge is 2.20. The topological polar surface area (TPSA) is 26.3 Å². The minimum Gasteiger partial charge on any atom is -0.497 e. The Balaban J connectivity index is 2.35. The number of rotatable bonds is 6. The first-order valence-corrected chi connectivity index (χ1v) is 8.22. The summed E-state index contributed by atoms with van der Waals surface area (Å²) in [5, 5.41) is 0. The first-order chi connectivity index (χ1) is 10.5. The van der Waals surface area contributed by atoms with Crippen LogP contribution in [0.3, 0.4) is 0 Å². The Morgan fingerprint density at radius 1 is 1.00 bits per heavy atom. The van der Waals surface area contributed by atoms with Gasteiger partial charge in [0.1, 0.15) is 11.5 Å². The molecule has 0 aliphatic rings. The molecule has 116 valence electrons. The third-order valence-electron chi connectivity index (χ3n) is 3.84. The Hall–Kier alpha value is -1.61. The predicted octanol–water partition coefficient (Wildman–Crippen LogP) is 5.20. The van der Waals surface area contributed by atoms with Gasteiger partial charge in [-0.3, -0.25) is 4.79 Å². The fourth-order valence-corrected chi connectivity index (χ4v) is 2.66. The number of ketones is 1. The molecule has 0 spiro atoms. The number of carbonyl (C=O) groups is 1. The number of carbonyl (C=O) groups excluding carboxylic acids is 1. The van der Waals surface area contributed by atoms with E-state index in [1.807, 2.05) is 50.2 Å². The third-order valence-corrected chi connectivity index (χ3v) is 4.37. The van der Waals surface area contributed by atoms with E-state index >= 15 is 0 Å². The van der Waals surface area contributed by atoms with Gasteiger partial charge in [0.2, 0.25) is 0 Å². The van der Waals surface area contributed by atoms with Gasteiger partial charge >= 0.3 is 0 Å². The van der Waals surface area contributed by atoms with Crippen LogP contribution in [0.25, 0.3) is 0 Å². The van der Waals surface area contributed by atoms with E-state index in [2.05, 4.69) is 28.1 Å². The third kappa shape index (κ3) is 4.20. The van der Waals surface area contributed by atoms with Crippen LogP contribution in [0.4, 0.5) is 0 Å². The van der Waals surface area contributed by atoms with Gasteiger partial charge in [0.15, 0.2) is 0 Å². The second kappa shape index (κ2) is 7.59. The average molecular weight is 361 g/mol. The summed E-state index contributed by atoms with van der Waals surface area (Å²) < 4.78 is 6.26. The van der Waals surface area contributed by atoms with Gasteiger partial charge in [-0.15, -0.1) is 0 Å². The number of Topliss-reactive ketones (excluding diaryl/α,β-unsaturated/α-hetero) is 1. The van der Waals surface area contributed by atoms with Gasteiger partial charge in [-0.2, -0.15) is 0 Å². The average Bonchev–Trinajstić information content (AvgIpc) is 2.53. The molecule has 0 radical (unpaired) electrons. The van der Waals surface area contributed by atoms with Crippen molar-refractivity contribution in [3.8, 4) is 5.75 Å². The SMILES string of the molecule is COc1ccc(C(CC(=O)C(C)C)c2ccc(Br)cc2)cc1. The fourth-order valence-electron chi connectivity index (χ4n) is 2.40. The van der Waals surface area contributed by atoms with E-state index in [0.29, 0.717) is 6.42 Å². The van der Waals surface area contributed by atoms with E-state index in [-0.39, 0.29) is 17.6 Å². The van der Waals surface area contributed by atoms with Crippen molar-refractivity contribution in [1.29, 1.82) is 0 Å². The number of halogens is 1. The molecule has 0 saturated carbocycles. The van der Waals surface area contributed by atoms with Crippen LogP contribution in [0, 0.1) is 5.92 Å². The molecule has 0 amide bonds. The van der Waals surface area contributed by atoms with Gasteiger partial charge in [-0.1, -0.05) is 54.0 Å². The molecular weight excluding hydrogens is 340 g/mol. The van der Waals surface area contributed by atoms with Crippen LogP contribution in [-0.2, 0) is 4.79 Å². The number of benzene rings is 2. The Bertz CT molecular complexity index is 615. The van der Waals surface area contributed by atoms with E-state index < -0.39 is 0 Å². The quantitative estimate of drug-likeness (QED) is 0.707. The summed E-state index contributed by atoms with van der Waals surface area (Å²) in [5.74, 6) is 1.24. The molecule has 1 atom stereocenters. The molecular formula is C19H21BrO2. The maximum atomic E-state index is 12.3. The van der Waals surface area contributed by atoms with Crippen LogP contribution >= 0.6 is 15.9 Å². The minimum atomic E-state index is 0.0520. The van der Waals surface area contributed by atoms with Gasteiger partial charge in [0, 0.05) is 22.7 Å². The predicted molar refractivity (Wildman–Crippen MR) is 93.4 cm³/mol. The summed E-state index contributed by atoms with van der Waals surface area (Å²) in [7, 11) is 1.66. The lowest BCUT2D eigenvalue weighted by Gasteiger charge is -2.19.